The zero-order valence-corrected chi connectivity index (χ0v) is 19.8. The molecule has 8 heteroatoms. The normalized spacial score (nSPS) is 16.1. The van der Waals surface area contributed by atoms with Crippen molar-refractivity contribution in [3.8, 4) is 22.8 Å². The summed E-state index contributed by atoms with van der Waals surface area (Å²) in [6.07, 6.45) is 2.18. The molecule has 0 aliphatic carbocycles. The number of hydrogen-bond donors (Lipinski definition) is 1. The molecule has 1 aromatic heterocycles. The second kappa shape index (κ2) is 9.19. The molecule has 1 N–H and O–H groups in total. The van der Waals surface area contributed by atoms with Gasteiger partial charge in [0, 0.05) is 43.5 Å². The van der Waals surface area contributed by atoms with Crippen molar-refractivity contribution in [2.45, 2.75) is 39.2 Å². The van der Waals surface area contributed by atoms with Crippen LogP contribution in [0.2, 0.25) is 0 Å². The quantitative estimate of drug-likeness (QED) is 0.715. The number of ether oxygens (including phenoxy) is 3. The highest BCUT2D eigenvalue weighted by molar-refractivity contribution is 5.88. The number of hydrogen-bond acceptors (Lipinski definition) is 6. The van der Waals surface area contributed by atoms with Gasteiger partial charge in [0.25, 0.3) is 0 Å². The third kappa shape index (κ3) is 4.63. The predicted molar refractivity (Wildman–Crippen MR) is 125 cm³/mol. The molecule has 2 aromatic rings. The summed E-state index contributed by atoms with van der Waals surface area (Å²) in [6, 6.07) is 3.92. The van der Waals surface area contributed by atoms with Crippen LogP contribution in [0.4, 0.5) is 0 Å². The molecular formula is C25H32N2O6. The first-order valence-electron chi connectivity index (χ1n) is 11.4. The maximum atomic E-state index is 13.2. The Hall–Kier alpha value is -2.84. The van der Waals surface area contributed by atoms with E-state index >= 15 is 0 Å². The molecule has 1 saturated heterocycles. The van der Waals surface area contributed by atoms with Crippen LogP contribution < -0.4 is 14.9 Å². The van der Waals surface area contributed by atoms with Crippen molar-refractivity contribution in [1.29, 1.82) is 0 Å². The van der Waals surface area contributed by atoms with Crippen molar-refractivity contribution < 1.29 is 24.1 Å². The summed E-state index contributed by atoms with van der Waals surface area (Å²) >= 11 is 0. The number of aromatic carboxylic acids is 1. The fraction of sp³-hybridized carbons (Fsp3) is 0.520. The number of methoxy groups -OCH3 is 1. The second-order valence-corrected chi connectivity index (χ2v) is 9.56. The van der Waals surface area contributed by atoms with Crippen molar-refractivity contribution in [2.24, 2.45) is 0 Å². The van der Waals surface area contributed by atoms with E-state index in [1.807, 2.05) is 37.5 Å². The van der Waals surface area contributed by atoms with Crippen molar-refractivity contribution in [2.75, 3.05) is 46.6 Å². The van der Waals surface area contributed by atoms with Gasteiger partial charge in [-0.25, -0.2) is 4.79 Å². The van der Waals surface area contributed by atoms with Crippen LogP contribution in [0.1, 0.15) is 42.3 Å². The number of aromatic nitrogens is 1. The molecule has 0 saturated carbocycles. The Balaban J connectivity index is 1.73. The Labute approximate surface area is 193 Å². The van der Waals surface area contributed by atoms with Crippen LogP contribution in [-0.2, 0) is 23.1 Å². The summed E-state index contributed by atoms with van der Waals surface area (Å²) in [5.74, 6) is 0.0757. The second-order valence-electron chi connectivity index (χ2n) is 9.56. The van der Waals surface area contributed by atoms with Crippen LogP contribution in [0.25, 0.3) is 11.3 Å². The smallest absolute Gasteiger partial charge is 0.341 e. The van der Waals surface area contributed by atoms with E-state index in [-0.39, 0.29) is 5.56 Å². The fourth-order valence-electron chi connectivity index (χ4n) is 4.63. The summed E-state index contributed by atoms with van der Waals surface area (Å²) in [5, 5.41) is 9.59. The Morgan fingerprint density at radius 1 is 1.15 bits per heavy atom. The van der Waals surface area contributed by atoms with Gasteiger partial charge in [0.05, 0.1) is 26.0 Å². The number of carboxylic acid groups (broad SMARTS) is 1. The maximum absolute atomic E-state index is 13.2. The van der Waals surface area contributed by atoms with Gasteiger partial charge in [0.15, 0.2) is 16.9 Å². The Morgan fingerprint density at radius 3 is 2.52 bits per heavy atom. The summed E-state index contributed by atoms with van der Waals surface area (Å²) < 4.78 is 19.0. The summed E-state index contributed by atoms with van der Waals surface area (Å²) in [6.45, 7) is 11.1. The van der Waals surface area contributed by atoms with Crippen LogP contribution in [-0.4, -0.2) is 67.1 Å². The van der Waals surface area contributed by atoms with Crippen molar-refractivity contribution >= 4 is 5.97 Å². The zero-order chi connectivity index (χ0) is 23.8. The van der Waals surface area contributed by atoms with E-state index in [0.29, 0.717) is 36.6 Å². The predicted octanol–water partition coefficient (Wildman–Crippen LogP) is 2.79. The molecule has 2 aliphatic heterocycles. The molecule has 3 heterocycles. The molecule has 178 valence electrons. The third-order valence-corrected chi connectivity index (χ3v) is 6.30. The molecule has 2 aliphatic rings. The summed E-state index contributed by atoms with van der Waals surface area (Å²) in [4.78, 5) is 27.2. The molecule has 0 amide bonds. The number of pyridine rings is 1. The highest BCUT2D eigenvalue weighted by atomic mass is 16.5. The lowest BCUT2D eigenvalue weighted by Crippen LogP contribution is -2.38. The van der Waals surface area contributed by atoms with E-state index in [0.717, 1.165) is 49.7 Å². The Morgan fingerprint density at radius 2 is 1.88 bits per heavy atom. The van der Waals surface area contributed by atoms with E-state index in [1.54, 1.807) is 7.11 Å². The number of fused-ring (bicyclic) bond motifs is 3. The SMILES string of the molecule is COc1cc2c(cc1OCCN1CCOCC1)CCn1cc(C(=O)O)c(=O)c(C(C)(C)C)c1-2. The maximum Gasteiger partial charge on any atom is 0.341 e. The number of carboxylic acids is 1. The number of rotatable bonds is 6. The van der Waals surface area contributed by atoms with Crippen LogP contribution in [0, 0.1) is 0 Å². The van der Waals surface area contributed by atoms with Gasteiger partial charge in [-0.1, -0.05) is 20.8 Å². The number of carbonyl (C=O) groups is 1. The molecule has 4 rings (SSSR count). The highest BCUT2D eigenvalue weighted by Gasteiger charge is 2.31. The Kier molecular flexibility index (Phi) is 6.50. The van der Waals surface area contributed by atoms with Gasteiger partial charge in [-0.3, -0.25) is 9.69 Å². The lowest BCUT2D eigenvalue weighted by Gasteiger charge is -2.31. The topological polar surface area (TPSA) is 90.2 Å². The van der Waals surface area contributed by atoms with Gasteiger partial charge >= 0.3 is 5.97 Å². The van der Waals surface area contributed by atoms with Gasteiger partial charge in [-0.05, 0) is 29.5 Å². The summed E-state index contributed by atoms with van der Waals surface area (Å²) in [7, 11) is 1.60. The first-order valence-corrected chi connectivity index (χ1v) is 11.4. The minimum atomic E-state index is -1.20. The standard InChI is InChI=1S/C25H32N2O6/c1-25(2,3)21-22-17-14-19(31-4)20(33-12-9-26-7-10-32-11-8-26)13-16(17)5-6-27(22)15-18(23(21)28)24(29)30/h13-15H,5-12H2,1-4H3,(H,29,30). The number of morpholine rings is 1. The molecule has 8 nitrogen and oxygen atoms in total. The number of aryl methyl sites for hydroxylation is 2. The average molecular weight is 457 g/mol. The molecule has 0 atom stereocenters. The van der Waals surface area contributed by atoms with E-state index in [9.17, 15) is 14.7 Å². The molecule has 33 heavy (non-hydrogen) atoms. The number of benzene rings is 1. The molecule has 0 radical (unpaired) electrons. The van der Waals surface area contributed by atoms with Crippen LogP contribution in [0.5, 0.6) is 11.5 Å². The fourth-order valence-corrected chi connectivity index (χ4v) is 4.63. The average Bonchev–Trinajstić information content (AvgIpc) is 2.77. The highest BCUT2D eigenvalue weighted by Crippen LogP contribution is 2.41. The Bertz CT molecular complexity index is 1110. The van der Waals surface area contributed by atoms with Gasteiger partial charge in [-0.15, -0.1) is 0 Å². The van der Waals surface area contributed by atoms with Gasteiger partial charge in [0.1, 0.15) is 12.2 Å². The van der Waals surface area contributed by atoms with Crippen molar-refractivity contribution in [1.82, 2.24) is 9.47 Å². The van der Waals surface area contributed by atoms with Gasteiger partial charge in [-0.2, -0.15) is 0 Å². The minimum Gasteiger partial charge on any atom is -0.493 e. The zero-order valence-electron chi connectivity index (χ0n) is 19.8. The first kappa shape index (κ1) is 23.3. The van der Waals surface area contributed by atoms with E-state index in [2.05, 4.69) is 4.90 Å². The minimum absolute atomic E-state index is 0.192. The van der Waals surface area contributed by atoms with Crippen molar-refractivity contribution in [3.63, 3.8) is 0 Å². The van der Waals surface area contributed by atoms with E-state index < -0.39 is 16.8 Å². The molecule has 0 spiro atoms. The molecule has 0 unspecified atom stereocenters. The molecular weight excluding hydrogens is 424 g/mol. The largest absolute Gasteiger partial charge is 0.493 e. The molecule has 1 fully saturated rings. The third-order valence-electron chi connectivity index (χ3n) is 6.30. The monoisotopic (exact) mass is 456 g/mol. The van der Waals surface area contributed by atoms with E-state index in [1.165, 1.54) is 6.20 Å². The lowest BCUT2D eigenvalue weighted by atomic mass is 9.80. The first-order chi connectivity index (χ1) is 15.7. The number of nitrogens with zero attached hydrogens (tertiary/aromatic N) is 2. The van der Waals surface area contributed by atoms with E-state index in [4.69, 9.17) is 14.2 Å². The van der Waals surface area contributed by atoms with Crippen molar-refractivity contribution in [3.05, 3.63) is 45.2 Å². The summed E-state index contributed by atoms with van der Waals surface area (Å²) in [5.41, 5.74) is 2.06. The lowest BCUT2D eigenvalue weighted by molar-refractivity contribution is 0.0321. The van der Waals surface area contributed by atoms with Crippen LogP contribution in [0.15, 0.2) is 23.1 Å². The van der Waals surface area contributed by atoms with Gasteiger partial charge in [0.2, 0.25) is 0 Å². The van der Waals surface area contributed by atoms with Crippen LogP contribution in [0.3, 0.4) is 0 Å². The van der Waals surface area contributed by atoms with Crippen LogP contribution >= 0.6 is 0 Å². The van der Waals surface area contributed by atoms with Gasteiger partial charge < -0.3 is 23.9 Å². The molecule has 0 bridgehead atoms. The molecule has 1 aromatic carbocycles.